The quantitative estimate of drug-likeness (QED) is 0.627. The molecule has 2 atom stereocenters. The first-order chi connectivity index (χ1) is 9.04. The van der Waals surface area contributed by atoms with Crippen LogP contribution in [0.2, 0.25) is 0 Å². The number of aliphatic carboxylic acids is 1. The Labute approximate surface area is 112 Å². The molecule has 1 saturated heterocycles. The summed E-state index contributed by atoms with van der Waals surface area (Å²) in [5, 5.41) is 20.5. The van der Waals surface area contributed by atoms with Gasteiger partial charge in [0.15, 0.2) is 0 Å². The van der Waals surface area contributed by atoms with E-state index in [4.69, 9.17) is 14.9 Å². The lowest BCUT2D eigenvalue weighted by Crippen LogP contribution is -2.54. The molecule has 2 amide bonds. The van der Waals surface area contributed by atoms with Gasteiger partial charge in [0, 0.05) is 19.5 Å². The third-order valence-corrected chi connectivity index (χ3v) is 3.15. The number of carboxylic acid groups (broad SMARTS) is 1. The van der Waals surface area contributed by atoms with Crippen LogP contribution in [0.15, 0.2) is 0 Å². The smallest absolute Gasteiger partial charge is 0.317 e. The van der Waals surface area contributed by atoms with Gasteiger partial charge >= 0.3 is 12.0 Å². The molecule has 0 bridgehead atoms. The molecule has 7 nitrogen and oxygen atoms in total. The van der Waals surface area contributed by atoms with Crippen LogP contribution in [0.3, 0.4) is 0 Å². The number of urea groups is 1. The highest BCUT2D eigenvalue weighted by atomic mass is 16.5. The number of hydrogen-bond acceptors (Lipinski definition) is 4. The van der Waals surface area contributed by atoms with Crippen LogP contribution in [0.25, 0.3) is 0 Å². The maximum Gasteiger partial charge on any atom is 0.317 e. The second kappa shape index (κ2) is 7.96. The van der Waals surface area contributed by atoms with Crippen molar-refractivity contribution in [2.45, 2.75) is 25.8 Å². The van der Waals surface area contributed by atoms with Crippen LogP contribution in [-0.2, 0) is 9.53 Å². The molecule has 1 rings (SSSR count). The Bertz CT molecular complexity index is 310. The van der Waals surface area contributed by atoms with Crippen molar-refractivity contribution < 1.29 is 24.5 Å². The van der Waals surface area contributed by atoms with E-state index in [2.05, 4.69) is 5.32 Å². The lowest BCUT2D eigenvalue weighted by Gasteiger charge is -2.34. The molecule has 0 aromatic heterocycles. The number of carbonyl (C=O) groups is 2. The third kappa shape index (κ3) is 5.44. The number of amides is 2. The van der Waals surface area contributed by atoms with Crippen molar-refractivity contribution in [3.05, 3.63) is 0 Å². The van der Waals surface area contributed by atoms with E-state index in [0.29, 0.717) is 32.7 Å². The Morgan fingerprint density at radius 1 is 1.53 bits per heavy atom. The Balaban J connectivity index is 2.31. The molecule has 19 heavy (non-hydrogen) atoms. The largest absolute Gasteiger partial charge is 0.481 e. The first-order valence-electron chi connectivity index (χ1n) is 6.49. The average Bonchev–Trinajstić information content (AvgIpc) is 2.42. The van der Waals surface area contributed by atoms with E-state index in [-0.39, 0.29) is 31.0 Å². The van der Waals surface area contributed by atoms with Crippen LogP contribution in [0, 0.1) is 5.92 Å². The van der Waals surface area contributed by atoms with Crippen molar-refractivity contribution in [3.63, 3.8) is 0 Å². The van der Waals surface area contributed by atoms with Gasteiger partial charge in [0.1, 0.15) is 0 Å². The predicted molar refractivity (Wildman–Crippen MR) is 67.8 cm³/mol. The number of carboxylic acids is 1. The summed E-state index contributed by atoms with van der Waals surface area (Å²) in [6, 6.07) is -0.535. The van der Waals surface area contributed by atoms with Crippen LogP contribution in [-0.4, -0.2) is 66.1 Å². The summed E-state index contributed by atoms with van der Waals surface area (Å²) < 4.78 is 5.20. The number of nitrogens with one attached hydrogen (secondary N) is 1. The summed E-state index contributed by atoms with van der Waals surface area (Å²) in [5.74, 6) is -0.722. The minimum absolute atomic E-state index is 0.105. The van der Waals surface area contributed by atoms with Crippen molar-refractivity contribution in [2.24, 2.45) is 5.92 Å². The van der Waals surface area contributed by atoms with E-state index in [1.165, 1.54) is 0 Å². The Morgan fingerprint density at radius 2 is 2.26 bits per heavy atom. The summed E-state index contributed by atoms with van der Waals surface area (Å²) in [6.45, 7) is 3.48. The summed E-state index contributed by atoms with van der Waals surface area (Å²) >= 11 is 0. The van der Waals surface area contributed by atoms with E-state index >= 15 is 0 Å². The van der Waals surface area contributed by atoms with Crippen LogP contribution < -0.4 is 5.32 Å². The van der Waals surface area contributed by atoms with E-state index in [9.17, 15) is 9.59 Å². The molecule has 0 saturated carbocycles. The highest BCUT2D eigenvalue weighted by molar-refractivity contribution is 5.74. The summed E-state index contributed by atoms with van der Waals surface area (Å²) in [4.78, 5) is 23.9. The minimum atomic E-state index is -0.827. The monoisotopic (exact) mass is 274 g/mol. The molecule has 0 radical (unpaired) electrons. The van der Waals surface area contributed by atoms with E-state index in [1.54, 1.807) is 4.90 Å². The standard InChI is InChI=1S/C12H22N2O5/c1-9(2-3-11(16)17)6-13-12(18)14-4-5-19-8-10(14)7-15/h9-10,15H,2-8H2,1H3,(H,13,18)(H,16,17). The van der Waals surface area contributed by atoms with E-state index < -0.39 is 5.97 Å². The fourth-order valence-electron chi connectivity index (χ4n) is 1.91. The van der Waals surface area contributed by atoms with Crippen LogP contribution >= 0.6 is 0 Å². The number of rotatable bonds is 6. The van der Waals surface area contributed by atoms with E-state index in [1.807, 2.05) is 6.92 Å². The van der Waals surface area contributed by atoms with Gasteiger partial charge in [-0.2, -0.15) is 0 Å². The molecule has 2 unspecified atom stereocenters. The van der Waals surface area contributed by atoms with Gasteiger partial charge in [-0.25, -0.2) is 4.79 Å². The highest BCUT2D eigenvalue weighted by Gasteiger charge is 2.26. The van der Waals surface area contributed by atoms with Crippen molar-refractivity contribution in [1.29, 1.82) is 0 Å². The molecule has 0 aromatic carbocycles. The molecule has 3 N–H and O–H groups in total. The molecule has 0 aromatic rings. The normalized spacial score (nSPS) is 20.9. The first kappa shape index (κ1) is 15.7. The Hall–Kier alpha value is -1.34. The molecule has 0 aliphatic carbocycles. The van der Waals surface area contributed by atoms with Crippen molar-refractivity contribution in [1.82, 2.24) is 10.2 Å². The van der Waals surface area contributed by atoms with Gasteiger partial charge in [0.2, 0.25) is 0 Å². The maximum atomic E-state index is 11.9. The predicted octanol–water partition coefficient (Wildman–Crippen LogP) is -0.110. The second-order valence-electron chi connectivity index (χ2n) is 4.83. The summed E-state index contributed by atoms with van der Waals surface area (Å²) in [7, 11) is 0. The lowest BCUT2D eigenvalue weighted by atomic mass is 10.1. The lowest BCUT2D eigenvalue weighted by molar-refractivity contribution is -0.137. The third-order valence-electron chi connectivity index (χ3n) is 3.15. The Morgan fingerprint density at radius 3 is 2.89 bits per heavy atom. The molecule has 1 aliphatic rings. The van der Waals surface area contributed by atoms with Gasteiger partial charge in [-0.3, -0.25) is 4.79 Å². The maximum absolute atomic E-state index is 11.9. The number of aliphatic hydroxyl groups excluding tert-OH is 1. The van der Waals surface area contributed by atoms with E-state index in [0.717, 1.165) is 0 Å². The van der Waals surface area contributed by atoms with Gasteiger partial charge in [0.25, 0.3) is 0 Å². The van der Waals surface area contributed by atoms with Gasteiger partial charge in [-0.1, -0.05) is 6.92 Å². The summed E-state index contributed by atoms with van der Waals surface area (Å²) in [5.41, 5.74) is 0. The molecular formula is C12H22N2O5. The van der Waals surface area contributed by atoms with Gasteiger partial charge in [-0.05, 0) is 12.3 Å². The van der Waals surface area contributed by atoms with Crippen molar-refractivity contribution >= 4 is 12.0 Å². The average molecular weight is 274 g/mol. The fourth-order valence-corrected chi connectivity index (χ4v) is 1.91. The molecule has 110 valence electrons. The number of hydrogen-bond donors (Lipinski definition) is 3. The Kier molecular flexibility index (Phi) is 6.58. The fraction of sp³-hybridized carbons (Fsp3) is 0.833. The number of ether oxygens (including phenoxy) is 1. The van der Waals surface area contributed by atoms with Crippen molar-refractivity contribution in [2.75, 3.05) is 32.9 Å². The SMILES string of the molecule is CC(CCC(=O)O)CNC(=O)N1CCOCC1CO. The first-order valence-corrected chi connectivity index (χ1v) is 6.49. The highest BCUT2D eigenvalue weighted by Crippen LogP contribution is 2.08. The molecule has 1 heterocycles. The van der Waals surface area contributed by atoms with Crippen molar-refractivity contribution in [3.8, 4) is 0 Å². The van der Waals surface area contributed by atoms with Gasteiger partial charge in [0.05, 0.1) is 25.9 Å². The number of nitrogens with zero attached hydrogens (tertiary/aromatic N) is 1. The summed E-state index contributed by atoms with van der Waals surface area (Å²) in [6.07, 6.45) is 0.635. The molecule has 0 spiro atoms. The molecular weight excluding hydrogens is 252 g/mol. The van der Waals surface area contributed by atoms with Crippen LogP contribution in [0.1, 0.15) is 19.8 Å². The molecule has 1 fully saturated rings. The zero-order valence-corrected chi connectivity index (χ0v) is 11.2. The molecule has 7 heteroatoms. The number of morpholine rings is 1. The topological polar surface area (TPSA) is 99.1 Å². The van der Waals surface area contributed by atoms with Gasteiger partial charge in [-0.15, -0.1) is 0 Å². The molecule has 1 aliphatic heterocycles. The van der Waals surface area contributed by atoms with Gasteiger partial charge < -0.3 is 25.2 Å². The number of aliphatic hydroxyl groups is 1. The van der Waals surface area contributed by atoms with Crippen LogP contribution in [0.4, 0.5) is 4.79 Å². The van der Waals surface area contributed by atoms with Crippen LogP contribution in [0.5, 0.6) is 0 Å². The minimum Gasteiger partial charge on any atom is -0.481 e. The zero-order chi connectivity index (χ0) is 14.3. The number of carbonyl (C=O) groups excluding carboxylic acids is 1. The zero-order valence-electron chi connectivity index (χ0n) is 11.2. The second-order valence-corrected chi connectivity index (χ2v) is 4.83.